The van der Waals surface area contributed by atoms with Gasteiger partial charge in [-0.15, -0.1) is 13.2 Å². The molecule has 0 aromatic heterocycles. The van der Waals surface area contributed by atoms with E-state index in [0.29, 0.717) is 0 Å². The number of nitrogens with zero attached hydrogens (tertiary/aromatic N) is 1. The number of rotatable bonds is 5. The van der Waals surface area contributed by atoms with Gasteiger partial charge in [0, 0.05) is 24.7 Å². The van der Waals surface area contributed by atoms with Crippen molar-refractivity contribution in [2.45, 2.75) is 24.1 Å². The highest BCUT2D eigenvalue weighted by Crippen LogP contribution is 2.27. The lowest BCUT2D eigenvalue weighted by Gasteiger charge is -2.30. The number of hydrogen-bond donors (Lipinski definition) is 1. The maximum absolute atomic E-state index is 13.9. The third-order valence-corrected chi connectivity index (χ3v) is 6.57. The van der Waals surface area contributed by atoms with E-state index in [4.69, 9.17) is 0 Å². The first kappa shape index (κ1) is 22.0. The summed E-state index contributed by atoms with van der Waals surface area (Å²) in [5.74, 6) is -2.10. The predicted molar refractivity (Wildman–Crippen MR) is 99.6 cm³/mol. The summed E-state index contributed by atoms with van der Waals surface area (Å²) in [6.07, 6.45) is -4.34. The molecule has 1 fully saturated rings. The third-order valence-electron chi connectivity index (χ3n) is 4.63. The van der Waals surface area contributed by atoms with Gasteiger partial charge in [-0.25, -0.2) is 12.8 Å². The summed E-state index contributed by atoms with van der Waals surface area (Å²) >= 11 is 0. The molecule has 162 valence electrons. The van der Waals surface area contributed by atoms with Gasteiger partial charge in [0.15, 0.2) is 0 Å². The normalized spacial score (nSPS) is 16.3. The van der Waals surface area contributed by atoms with Crippen molar-refractivity contribution in [3.05, 3.63) is 54.3 Å². The predicted octanol–water partition coefficient (Wildman–Crippen LogP) is 3.76. The number of sulfonamides is 1. The van der Waals surface area contributed by atoms with Gasteiger partial charge >= 0.3 is 6.36 Å². The maximum Gasteiger partial charge on any atom is 0.573 e. The van der Waals surface area contributed by atoms with Crippen LogP contribution in [0.3, 0.4) is 0 Å². The molecule has 2 aromatic rings. The molecule has 1 saturated heterocycles. The fourth-order valence-electron chi connectivity index (χ4n) is 3.14. The van der Waals surface area contributed by atoms with Gasteiger partial charge in [0.1, 0.15) is 16.5 Å². The zero-order chi connectivity index (χ0) is 21.9. The number of carbonyl (C=O) groups is 1. The minimum Gasteiger partial charge on any atom is -0.406 e. The Hall–Kier alpha value is -2.66. The first-order valence-electron chi connectivity index (χ1n) is 8.97. The highest BCUT2D eigenvalue weighted by molar-refractivity contribution is 7.89. The zero-order valence-electron chi connectivity index (χ0n) is 15.5. The average Bonchev–Trinajstić information content (AvgIpc) is 2.68. The van der Waals surface area contributed by atoms with Crippen LogP contribution in [0.5, 0.6) is 5.75 Å². The molecule has 1 amide bonds. The molecule has 0 aliphatic carbocycles. The molecule has 1 aliphatic heterocycles. The van der Waals surface area contributed by atoms with Crippen molar-refractivity contribution < 1.29 is 35.5 Å². The summed E-state index contributed by atoms with van der Waals surface area (Å²) in [4.78, 5) is 12.0. The van der Waals surface area contributed by atoms with Crippen LogP contribution in [-0.2, 0) is 14.8 Å². The van der Waals surface area contributed by atoms with E-state index in [0.717, 1.165) is 22.5 Å². The van der Waals surface area contributed by atoms with Gasteiger partial charge in [0.05, 0.1) is 0 Å². The van der Waals surface area contributed by atoms with Gasteiger partial charge in [0.25, 0.3) is 0 Å². The van der Waals surface area contributed by atoms with Gasteiger partial charge in [-0.2, -0.15) is 4.31 Å². The van der Waals surface area contributed by atoms with Crippen molar-refractivity contribution in [1.29, 1.82) is 0 Å². The van der Waals surface area contributed by atoms with Crippen molar-refractivity contribution in [3.8, 4) is 5.75 Å². The second-order valence-corrected chi connectivity index (χ2v) is 8.58. The molecule has 0 radical (unpaired) electrons. The van der Waals surface area contributed by atoms with Crippen LogP contribution in [0.4, 0.5) is 23.2 Å². The maximum atomic E-state index is 13.9. The molecule has 1 aliphatic rings. The number of ether oxygens (including phenoxy) is 1. The molecule has 0 atom stereocenters. The van der Waals surface area contributed by atoms with Crippen molar-refractivity contribution in [3.63, 3.8) is 0 Å². The van der Waals surface area contributed by atoms with Gasteiger partial charge in [-0.1, -0.05) is 12.1 Å². The standard InChI is InChI=1S/C19H18F4N2O4S/c20-16-3-1-2-4-17(16)30(27,28)25-11-9-13(10-12-25)18(26)24-14-5-7-15(8-6-14)29-19(21,22)23/h1-8,13H,9-12H2,(H,24,26). The molecule has 30 heavy (non-hydrogen) atoms. The first-order valence-corrected chi connectivity index (χ1v) is 10.4. The van der Waals surface area contributed by atoms with E-state index in [1.54, 1.807) is 0 Å². The van der Waals surface area contributed by atoms with Crippen molar-refractivity contribution in [1.82, 2.24) is 4.31 Å². The average molecular weight is 446 g/mol. The van der Waals surface area contributed by atoms with Gasteiger partial charge < -0.3 is 10.1 Å². The highest BCUT2D eigenvalue weighted by atomic mass is 32.2. The molecule has 3 rings (SSSR count). The lowest BCUT2D eigenvalue weighted by molar-refractivity contribution is -0.274. The van der Waals surface area contributed by atoms with Gasteiger partial charge in [-0.3, -0.25) is 4.79 Å². The molecular formula is C19H18F4N2O4S. The topological polar surface area (TPSA) is 75.7 Å². The number of nitrogens with one attached hydrogen (secondary N) is 1. The number of hydrogen-bond acceptors (Lipinski definition) is 4. The Bertz CT molecular complexity index is 1000. The molecule has 0 spiro atoms. The van der Waals surface area contributed by atoms with Crippen LogP contribution in [0, 0.1) is 11.7 Å². The van der Waals surface area contributed by atoms with Crippen molar-refractivity contribution in [2.75, 3.05) is 18.4 Å². The van der Waals surface area contributed by atoms with Crippen LogP contribution < -0.4 is 10.1 Å². The minimum absolute atomic E-state index is 0.0487. The molecule has 6 nitrogen and oxygen atoms in total. The molecule has 1 N–H and O–H groups in total. The van der Waals surface area contributed by atoms with Crippen LogP contribution in [0.25, 0.3) is 0 Å². The van der Waals surface area contributed by atoms with E-state index < -0.39 is 38.8 Å². The minimum atomic E-state index is -4.80. The van der Waals surface area contributed by atoms with E-state index in [1.165, 1.54) is 30.3 Å². The van der Waals surface area contributed by atoms with E-state index >= 15 is 0 Å². The largest absolute Gasteiger partial charge is 0.573 e. The van der Waals surface area contributed by atoms with Crippen molar-refractivity contribution in [2.24, 2.45) is 5.92 Å². The number of amides is 1. The molecule has 11 heteroatoms. The Morgan fingerprint density at radius 2 is 1.63 bits per heavy atom. The second kappa shape index (κ2) is 8.60. The molecule has 0 bridgehead atoms. The Balaban J connectivity index is 1.57. The Morgan fingerprint density at radius 3 is 2.20 bits per heavy atom. The molecule has 0 unspecified atom stereocenters. The summed E-state index contributed by atoms with van der Waals surface area (Å²) in [6, 6.07) is 9.79. The summed E-state index contributed by atoms with van der Waals surface area (Å²) < 4.78 is 80.5. The van der Waals surface area contributed by atoms with E-state index in [2.05, 4.69) is 10.1 Å². The Labute approximate surface area is 170 Å². The Morgan fingerprint density at radius 1 is 1.03 bits per heavy atom. The van der Waals surface area contributed by atoms with Crippen LogP contribution >= 0.6 is 0 Å². The molecule has 1 heterocycles. The van der Waals surface area contributed by atoms with Crippen LogP contribution in [0.15, 0.2) is 53.4 Å². The smallest absolute Gasteiger partial charge is 0.406 e. The summed E-state index contributed by atoms with van der Waals surface area (Å²) in [5.41, 5.74) is 0.288. The van der Waals surface area contributed by atoms with Crippen LogP contribution in [-0.4, -0.2) is 38.1 Å². The number of alkyl halides is 3. The molecule has 0 saturated carbocycles. The van der Waals surface area contributed by atoms with Crippen LogP contribution in [0.2, 0.25) is 0 Å². The number of halogens is 4. The monoisotopic (exact) mass is 446 g/mol. The third kappa shape index (κ3) is 5.28. The lowest BCUT2D eigenvalue weighted by atomic mass is 9.97. The SMILES string of the molecule is O=C(Nc1ccc(OC(F)(F)F)cc1)C1CCN(S(=O)(=O)c2ccccc2F)CC1. The van der Waals surface area contributed by atoms with E-state index in [1.807, 2.05) is 0 Å². The molecular weight excluding hydrogens is 428 g/mol. The number of carbonyl (C=O) groups excluding carboxylic acids is 1. The quantitative estimate of drug-likeness (QED) is 0.710. The van der Waals surface area contributed by atoms with E-state index in [-0.39, 0.29) is 37.5 Å². The number of piperidine rings is 1. The van der Waals surface area contributed by atoms with Crippen molar-refractivity contribution >= 4 is 21.6 Å². The summed E-state index contributed by atoms with van der Waals surface area (Å²) in [5, 5.41) is 2.59. The zero-order valence-corrected chi connectivity index (χ0v) is 16.3. The highest BCUT2D eigenvalue weighted by Gasteiger charge is 2.34. The summed E-state index contributed by atoms with van der Waals surface area (Å²) in [7, 11) is -4.00. The second-order valence-electron chi connectivity index (χ2n) is 6.67. The fraction of sp³-hybridized carbons (Fsp3) is 0.316. The lowest BCUT2D eigenvalue weighted by Crippen LogP contribution is -2.41. The van der Waals surface area contributed by atoms with E-state index in [9.17, 15) is 30.8 Å². The Kier molecular flexibility index (Phi) is 6.32. The first-order chi connectivity index (χ1) is 14.1. The molecule has 2 aromatic carbocycles. The van der Waals surface area contributed by atoms with Crippen LogP contribution in [0.1, 0.15) is 12.8 Å². The van der Waals surface area contributed by atoms with Gasteiger partial charge in [-0.05, 0) is 49.2 Å². The number of anilines is 1. The fourth-order valence-corrected chi connectivity index (χ4v) is 4.67. The number of benzene rings is 2. The van der Waals surface area contributed by atoms with Gasteiger partial charge in [0.2, 0.25) is 15.9 Å². The summed E-state index contributed by atoms with van der Waals surface area (Å²) in [6.45, 7) is 0.0974.